The van der Waals surface area contributed by atoms with E-state index in [0.29, 0.717) is 17.8 Å². The predicted molar refractivity (Wildman–Crippen MR) is 110 cm³/mol. The van der Waals surface area contributed by atoms with Crippen molar-refractivity contribution < 1.29 is 18.9 Å². The van der Waals surface area contributed by atoms with Crippen LogP contribution in [0.1, 0.15) is 65.7 Å². The summed E-state index contributed by atoms with van der Waals surface area (Å²) in [5, 5.41) is 0. The Morgan fingerprint density at radius 1 is 0.759 bits per heavy atom. The number of hydrogen-bond acceptors (Lipinski definition) is 4. The van der Waals surface area contributed by atoms with Gasteiger partial charge in [-0.2, -0.15) is 0 Å². The second-order valence-corrected chi connectivity index (χ2v) is 11.1. The molecule has 4 heteroatoms. The van der Waals surface area contributed by atoms with Crippen LogP contribution >= 0.6 is 0 Å². The van der Waals surface area contributed by atoms with E-state index < -0.39 is 0 Å². The molecule has 0 aromatic rings. The zero-order valence-corrected chi connectivity index (χ0v) is 18.3. The summed E-state index contributed by atoms with van der Waals surface area (Å²) < 4.78 is 24.4. The first-order valence-electron chi connectivity index (χ1n) is 11.9. The van der Waals surface area contributed by atoms with E-state index in [2.05, 4.69) is 32.9 Å². The lowest BCUT2D eigenvalue weighted by Gasteiger charge is -2.56. The minimum atomic E-state index is -0.384. The number of fused-ring (bicyclic) bond motifs is 5. The van der Waals surface area contributed by atoms with Crippen molar-refractivity contribution in [3.05, 3.63) is 23.3 Å². The van der Waals surface area contributed by atoms with E-state index in [1.165, 1.54) is 32.1 Å². The lowest BCUT2D eigenvalue weighted by Crippen LogP contribution is -2.51. The van der Waals surface area contributed by atoms with Gasteiger partial charge in [-0.3, -0.25) is 0 Å². The first-order valence-corrected chi connectivity index (χ1v) is 11.9. The molecule has 2 saturated heterocycles. The van der Waals surface area contributed by atoms with E-state index in [1.54, 1.807) is 11.1 Å². The highest BCUT2D eigenvalue weighted by molar-refractivity contribution is 5.39. The molecule has 29 heavy (non-hydrogen) atoms. The fourth-order valence-corrected chi connectivity index (χ4v) is 8.29. The van der Waals surface area contributed by atoms with Crippen molar-refractivity contribution in [1.29, 1.82) is 0 Å². The van der Waals surface area contributed by atoms with Crippen LogP contribution in [0.2, 0.25) is 0 Å². The van der Waals surface area contributed by atoms with Crippen LogP contribution in [0.4, 0.5) is 0 Å². The van der Waals surface area contributed by atoms with Crippen molar-refractivity contribution in [3.8, 4) is 0 Å². The first kappa shape index (κ1) is 19.0. The van der Waals surface area contributed by atoms with Gasteiger partial charge in [-0.15, -0.1) is 0 Å². The van der Waals surface area contributed by atoms with E-state index in [1.807, 2.05) is 0 Å². The average molecular weight is 401 g/mol. The molecule has 1 spiro atoms. The molecule has 1 unspecified atom stereocenters. The minimum Gasteiger partial charge on any atom is -0.348 e. The molecule has 6 rings (SSSR count). The zero-order valence-electron chi connectivity index (χ0n) is 18.3. The van der Waals surface area contributed by atoms with E-state index >= 15 is 0 Å². The highest BCUT2D eigenvalue weighted by atomic mass is 16.7. The summed E-state index contributed by atoms with van der Waals surface area (Å²) in [5.74, 6) is 1.13. The maximum atomic E-state index is 6.15. The number of hydrogen-bond donors (Lipinski definition) is 0. The summed E-state index contributed by atoms with van der Waals surface area (Å²) in [6.07, 6.45) is 13.2. The number of allylic oxidation sites excluding steroid dienone is 3. The van der Waals surface area contributed by atoms with Crippen LogP contribution in [0.5, 0.6) is 0 Å². The van der Waals surface area contributed by atoms with Crippen molar-refractivity contribution in [2.45, 2.75) is 77.3 Å². The van der Waals surface area contributed by atoms with Gasteiger partial charge in [0.25, 0.3) is 0 Å². The van der Waals surface area contributed by atoms with Crippen molar-refractivity contribution in [1.82, 2.24) is 0 Å². The molecule has 4 nitrogen and oxygen atoms in total. The molecule has 4 aliphatic carbocycles. The third kappa shape index (κ3) is 2.52. The van der Waals surface area contributed by atoms with E-state index in [9.17, 15) is 0 Å². The topological polar surface area (TPSA) is 36.9 Å². The summed E-state index contributed by atoms with van der Waals surface area (Å²) in [7, 11) is 0. The minimum absolute atomic E-state index is 0.272. The molecule has 5 atom stereocenters. The fourth-order valence-electron chi connectivity index (χ4n) is 8.29. The molecular formula is C25H36O4. The first-order chi connectivity index (χ1) is 13.9. The molecule has 2 aliphatic heterocycles. The monoisotopic (exact) mass is 400 g/mol. The van der Waals surface area contributed by atoms with Crippen LogP contribution in [-0.2, 0) is 18.9 Å². The molecule has 0 amide bonds. The Hall–Kier alpha value is -0.680. The molecule has 0 N–H and O–H groups in total. The standard InChI is InChI=1S/C25H36O4/c1-22-10-11-25(28-14-15-29-25)16-17(22)4-5-18-19-6-7-21(24(3)26-12-13-27-24)23(19,2)9-8-20(18)22/h4-5,19-21H,6-16H2,1-3H3/t19?,20-,21+,22-,23+/m1/s1. The van der Waals surface area contributed by atoms with Crippen LogP contribution in [0.3, 0.4) is 0 Å². The van der Waals surface area contributed by atoms with Gasteiger partial charge < -0.3 is 18.9 Å². The van der Waals surface area contributed by atoms with Gasteiger partial charge in [0, 0.05) is 18.8 Å². The van der Waals surface area contributed by atoms with Crippen molar-refractivity contribution in [2.24, 2.45) is 28.6 Å². The number of ether oxygens (including phenoxy) is 4. The third-order valence-corrected chi connectivity index (χ3v) is 9.88. The van der Waals surface area contributed by atoms with Crippen molar-refractivity contribution in [3.63, 3.8) is 0 Å². The molecule has 0 aromatic heterocycles. The van der Waals surface area contributed by atoms with Gasteiger partial charge in [0.1, 0.15) is 0 Å². The largest absolute Gasteiger partial charge is 0.348 e. The van der Waals surface area contributed by atoms with Crippen LogP contribution in [0.15, 0.2) is 23.3 Å². The molecule has 160 valence electrons. The van der Waals surface area contributed by atoms with E-state index in [4.69, 9.17) is 18.9 Å². The average Bonchev–Trinajstić information content (AvgIpc) is 3.42. The lowest BCUT2D eigenvalue weighted by atomic mass is 9.50. The summed E-state index contributed by atoms with van der Waals surface area (Å²) in [5.41, 5.74) is 3.84. The number of rotatable bonds is 1. The Balaban J connectivity index is 1.33. The van der Waals surface area contributed by atoms with E-state index in [0.717, 1.165) is 39.3 Å². The Kier molecular flexibility index (Phi) is 4.06. The summed E-state index contributed by atoms with van der Waals surface area (Å²) in [6, 6.07) is 0. The summed E-state index contributed by atoms with van der Waals surface area (Å²) in [4.78, 5) is 0. The lowest BCUT2D eigenvalue weighted by molar-refractivity contribution is -0.208. The van der Waals surface area contributed by atoms with Gasteiger partial charge in [-0.25, -0.2) is 0 Å². The van der Waals surface area contributed by atoms with Gasteiger partial charge in [0.15, 0.2) is 11.6 Å². The summed E-state index contributed by atoms with van der Waals surface area (Å²) in [6.45, 7) is 10.2. The highest BCUT2D eigenvalue weighted by Crippen LogP contribution is 2.67. The quantitative estimate of drug-likeness (QED) is 0.621. The van der Waals surface area contributed by atoms with Gasteiger partial charge in [0.05, 0.1) is 26.4 Å². The molecule has 2 heterocycles. The van der Waals surface area contributed by atoms with Gasteiger partial charge in [-0.1, -0.05) is 37.1 Å². The van der Waals surface area contributed by atoms with Crippen molar-refractivity contribution >= 4 is 0 Å². The van der Waals surface area contributed by atoms with Crippen LogP contribution in [0.25, 0.3) is 0 Å². The maximum absolute atomic E-state index is 6.15. The molecular weight excluding hydrogens is 364 g/mol. The van der Waals surface area contributed by atoms with Gasteiger partial charge in [0.2, 0.25) is 0 Å². The zero-order chi connectivity index (χ0) is 19.9. The second kappa shape index (κ2) is 6.18. The molecule has 6 aliphatic rings. The summed E-state index contributed by atoms with van der Waals surface area (Å²) >= 11 is 0. The molecule has 3 saturated carbocycles. The van der Waals surface area contributed by atoms with Gasteiger partial charge >= 0.3 is 0 Å². The Morgan fingerprint density at radius 3 is 2.24 bits per heavy atom. The predicted octanol–water partition coefficient (Wildman–Crippen LogP) is 4.99. The highest BCUT2D eigenvalue weighted by Gasteiger charge is 2.62. The van der Waals surface area contributed by atoms with Crippen LogP contribution < -0.4 is 0 Å². The molecule has 0 aromatic carbocycles. The Bertz CT molecular complexity index is 757. The Labute approximate surface area is 175 Å². The molecule has 0 bridgehead atoms. The normalized spacial score (nSPS) is 47.3. The van der Waals surface area contributed by atoms with Crippen molar-refractivity contribution in [2.75, 3.05) is 26.4 Å². The SMILES string of the molecule is CC1([C@H]2CCC3C4=CC=C5CC6(CC[C@@]5(C)[C@@H]4CC[C@@]32C)OCCO6)OCCO1. The Morgan fingerprint density at radius 2 is 1.48 bits per heavy atom. The third-order valence-electron chi connectivity index (χ3n) is 9.88. The van der Waals surface area contributed by atoms with Crippen LogP contribution in [0, 0.1) is 28.6 Å². The maximum Gasteiger partial charge on any atom is 0.172 e. The van der Waals surface area contributed by atoms with Gasteiger partial charge in [-0.05, 0) is 61.7 Å². The fraction of sp³-hybridized carbons (Fsp3) is 0.840. The van der Waals surface area contributed by atoms with Crippen LogP contribution in [-0.4, -0.2) is 38.0 Å². The smallest absolute Gasteiger partial charge is 0.172 e. The molecule has 5 fully saturated rings. The van der Waals surface area contributed by atoms with E-state index in [-0.39, 0.29) is 22.4 Å². The molecule has 0 radical (unpaired) electrons. The second-order valence-electron chi connectivity index (χ2n) is 11.1.